The van der Waals surface area contributed by atoms with Crippen molar-refractivity contribution in [3.05, 3.63) is 22.8 Å². The first kappa shape index (κ1) is 12.7. The number of hydrogen-bond acceptors (Lipinski definition) is 2. The highest BCUT2D eigenvalue weighted by Gasteiger charge is 2.30. The standard InChI is InChI=1S/C14H19BrO2/c1-8-5-6-10(15)13-12(8)9(2)7-11(16-3)14(13)17-4/h7-8,10H,5-6H2,1-4H3. The lowest BCUT2D eigenvalue weighted by Crippen LogP contribution is -2.13. The number of aryl methyl sites for hydroxylation is 1. The molecule has 0 spiro atoms. The molecule has 1 aliphatic rings. The smallest absolute Gasteiger partial charge is 0.165 e. The third-order valence-corrected chi connectivity index (χ3v) is 4.53. The summed E-state index contributed by atoms with van der Waals surface area (Å²) in [7, 11) is 3.41. The van der Waals surface area contributed by atoms with Crippen molar-refractivity contribution in [1.29, 1.82) is 0 Å². The molecule has 0 aliphatic heterocycles. The fourth-order valence-electron chi connectivity index (χ4n) is 2.82. The van der Waals surface area contributed by atoms with Crippen molar-refractivity contribution < 1.29 is 9.47 Å². The molecule has 0 bridgehead atoms. The van der Waals surface area contributed by atoms with Crippen LogP contribution < -0.4 is 9.47 Å². The van der Waals surface area contributed by atoms with E-state index in [1.54, 1.807) is 14.2 Å². The summed E-state index contributed by atoms with van der Waals surface area (Å²) < 4.78 is 11.0. The van der Waals surface area contributed by atoms with Crippen LogP contribution in [0.2, 0.25) is 0 Å². The van der Waals surface area contributed by atoms with Gasteiger partial charge in [0.2, 0.25) is 0 Å². The minimum absolute atomic E-state index is 0.373. The first-order chi connectivity index (χ1) is 8.10. The SMILES string of the molecule is COc1cc(C)c2c(c1OC)C(Br)CCC2C. The lowest BCUT2D eigenvalue weighted by Gasteiger charge is -2.30. The van der Waals surface area contributed by atoms with Gasteiger partial charge in [0.25, 0.3) is 0 Å². The van der Waals surface area contributed by atoms with Crippen molar-refractivity contribution in [2.75, 3.05) is 14.2 Å². The summed E-state index contributed by atoms with van der Waals surface area (Å²) in [4.78, 5) is 0.373. The van der Waals surface area contributed by atoms with Crippen LogP contribution in [0.25, 0.3) is 0 Å². The maximum absolute atomic E-state index is 5.55. The summed E-state index contributed by atoms with van der Waals surface area (Å²) >= 11 is 3.77. The van der Waals surface area contributed by atoms with Gasteiger partial charge in [-0.25, -0.2) is 0 Å². The number of halogens is 1. The molecule has 2 atom stereocenters. The van der Waals surface area contributed by atoms with Crippen LogP contribution in [0.15, 0.2) is 6.07 Å². The van der Waals surface area contributed by atoms with E-state index in [0.29, 0.717) is 10.7 Å². The quantitative estimate of drug-likeness (QED) is 0.756. The number of fused-ring (bicyclic) bond motifs is 1. The van der Waals surface area contributed by atoms with E-state index in [1.165, 1.54) is 23.1 Å². The van der Waals surface area contributed by atoms with Crippen molar-refractivity contribution in [2.24, 2.45) is 0 Å². The normalized spacial score (nSPS) is 23.1. The van der Waals surface area contributed by atoms with Gasteiger partial charge in [-0.3, -0.25) is 0 Å². The van der Waals surface area contributed by atoms with Crippen LogP contribution in [-0.4, -0.2) is 14.2 Å². The molecule has 1 aliphatic carbocycles. The maximum Gasteiger partial charge on any atom is 0.165 e. The summed E-state index contributed by atoms with van der Waals surface area (Å²) in [5.74, 6) is 2.32. The van der Waals surface area contributed by atoms with Crippen molar-refractivity contribution >= 4 is 15.9 Å². The van der Waals surface area contributed by atoms with Gasteiger partial charge in [0.15, 0.2) is 11.5 Å². The fourth-order valence-corrected chi connectivity index (χ4v) is 3.54. The van der Waals surface area contributed by atoms with Gasteiger partial charge in [0.1, 0.15) is 0 Å². The Morgan fingerprint density at radius 1 is 1.18 bits per heavy atom. The predicted octanol–water partition coefficient (Wildman–Crippen LogP) is 4.35. The molecule has 0 aromatic heterocycles. The van der Waals surface area contributed by atoms with Crippen molar-refractivity contribution in [1.82, 2.24) is 0 Å². The molecule has 0 saturated carbocycles. The maximum atomic E-state index is 5.55. The molecule has 17 heavy (non-hydrogen) atoms. The monoisotopic (exact) mass is 298 g/mol. The molecule has 2 rings (SSSR count). The Morgan fingerprint density at radius 2 is 1.88 bits per heavy atom. The second-order valence-corrected chi connectivity index (χ2v) is 5.81. The molecule has 0 amide bonds. The van der Waals surface area contributed by atoms with E-state index in [-0.39, 0.29) is 0 Å². The Bertz CT molecular complexity index is 429. The average molecular weight is 299 g/mol. The number of hydrogen-bond donors (Lipinski definition) is 0. The molecule has 2 unspecified atom stereocenters. The molecule has 0 radical (unpaired) electrons. The van der Waals surface area contributed by atoms with Crippen LogP contribution in [-0.2, 0) is 0 Å². The van der Waals surface area contributed by atoms with E-state index in [2.05, 4.69) is 35.8 Å². The van der Waals surface area contributed by atoms with E-state index in [4.69, 9.17) is 9.47 Å². The predicted molar refractivity (Wildman–Crippen MR) is 73.6 cm³/mol. The lowest BCUT2D eigenvalue weighted by molar-refractivity contribution is 0.348. The molecule has 0 N–H and O–H groups in total. The summed E-state index contributed by atoms with van der Waals surface area (Å²) in [6, 6.07) is 2.08. The molecule has 2 nitrogen and oxygen atoms in total. The first-order valence-electron chi connectivity index (χ1n) is 5.99. The minimum Gasteiger partial charge on any atom is -0.493 e. The topological polar surface area (TPSA) is 18.5 Å². The van der Waals surface area contributed by atoms with Gasteiger partial charge in [0, 0.05) is 10.4 Å². The summed E-state index contributed by atoms with van der Waals surface area (Å²) in [5, 5.41) is 0. The highest BCUT2D eigenvalue weighted by atomic mass is 79.9. The highest BCUT2D eigenvalue weighted by Crippen LogP contribution is 2.50. The molecule has 0 fully saturated rings. The summed E-state index contributed by atoms with van der Waals surface area (Å²) in [6.45, 7) is 4.44. The molecule has 1 aromatic carbocycles. The third kappa shape index (κ3) is 2.05. The van der Waals surface area contributed by atoms with Crippen molar-refractivity contribution in [3.63, 3.8) is 0 Å². The van der Waals surface area contributed by atoms with Crippen molar-refractivity contribution in [3.8, 4) is 11.5 Å². The number of methoxy groups -OCH3 is 2. The minimum atomic E-state index is 0.373. The van der Waals surface area contributed by atoms with Gasteiger partial charge in [-0.2, -0.15) is 0 Å². The molecule has 1 aromatic rings. The second-order valence-electron chi connectivity index (χ2n) is 4.70. The molecule has 94 valence electrons. The Morgan fingerprint density at radius 3 is 2.47 bits per heavy atom. The Labute approximate surface area is 111 Å². The van der Waals surface area contributed by atoms with E-state index in [9.17, 15) is 0 Å². The zero-order chi connectivity index (χ0) is 12.6. The van der Waals surface area contributed by atoms with E-state index >= 15 is 0 Å². The zero-order valence-corrected chi connectivity index (χ0v) is 12.4. The van der Waals surface area contributed by atoms with Gasteiger partial charge in [-0.05, 0) is 42.9 Å². The average Bonchev–Trinajstić information content (AvgIpc) is 2.32. The van der Waals surface area contributed by atoms with Crippen LogP contribution in [0, 0.1) is 6.92 Å². The van der Waals surface area contributed by atoms with Gasteiger partial charge < -0.3 is 9.47 Å². The number of rotatable bonds is 2. The molecule has 3 heteroatoms. The highest BCUT2D eigenvalue weighted by molar-refractivity contribution is 9.09. The summed E-state index contributed by atoms with van der Waals surface area (Å²) in [6.07, 6.45) is 2.37. The van der Waals surface area contributed by atoms with Gasteiger partial charge in [-0.15, -0.1) is 0 Å². The number of alkyl halides is 1. The second kappa shape index (κ2) is 4.89. The first-order valence-corrected chi connectivity index (χ1v) is 6.91. The van der Waals surface area contributed by atoms with Crippen LogP contribution in [0.5, 0.6) is 11.5 Å². The fraction of sp³-hybridized carbons (Fsp3) is 0.571. The van der Waals surface area contributed by atoms with Gasteiger partial charge >= 0.3 is 0 Å². The molecular weight excluding hydrogens is 280 g/mol. The Kier molecular flexibility index (Phi) is 3.67. The van der Waals surface area contributed by atoms with Gasteiger partial charge in [-0.1, -0.05) is 22.9 Å². The number of ether oxygens (including phenoxy) is 2. The van der Waals surface area contributed by atoms with Crippen LogP contribution in [0.3, 0.4) is 0 Å². The van der Waals surface area contributed by atoms with Crippen molar-refractivity contribution in [2.45, 2.75) is 37.4 Å². The van der Waals surface area contributed by atoms with E-state index in [1.807, 2.05) is 0 Å². The lowest BCUT2D eigenvalue weighted by atomic mass is 9.80. The summed E-state index contributed by atoms with van der Waals surface area (Å²) in [5.41, 5.74) is 4.01. The Hall–Kier alpha value is -0.700. The zero-order valence-electron chi connectivity index (χ0n) is 10.8. The van der Waals surface area contributed by atoms with Gasteiger partial charge in [0.05, 0.1) is 14.2 Å². The molecule has 0 heterocycles. The largest absolute Gasteiger partial charge is 0.493 e. The Balaban J connectivity index is 2.70. The molecular formula is C14H19BrO2. The van der Waals surface area contributed by atoms with E-state index in [0.717, 1.165) is 17.9 Å². The van der Waals surface area contributed by atoms with Crippen LogP contribution in [0.1, 0.15) is 47.2 Å². The number of benzene rings is 1. The molecule has 0 saturated heterocycles. The van der Waals surface area contributed by atoms with Crippen LogP contribution in [0.4, 0.5) is 0 Å². The van der Waals surface area contributed by atoms with E-state index < -0.39 is 0 Å². The van der Waals surface area contributed by atoms with Crippen LogP contribution >= 0.6 is 15.9 Å². The third-order valence-electron chi connectivity index (χ3n) is 3.61.